The lowest BCUT2D eigenvalue weighted by Crippen LogP contribution is -2.39. The molecule has 0 amide bonds. The molecular formula is C16H25NO2. The summed E-state index contributed by atoms with van der Waals surface area (Å²) in [4.78, 5) is 12.1. The summed E-state index contributed by atoms with van der Waals surface area (Å²) >= 11 is 0. The summed E-state index contributed by atoms with van der Waals surface area (Å²) in [6.07, 6.45) is 3.45. The second kappa shape index (κ2) is 7.95. The lowest BCUT2D eigenvalue weighted by atomic mass is 9.80. The summed E-state index contributed by atoms with van der Waals surface area (Å²) in [5, 5.41) is 0. The predicted octanol–water partition coefficient (Wildman–Crippen LogP) is 2.93. The molecule has 0 aliphatic heterocycles. The second-order valence-electron chi connectivity index (χ2n) is 4.90. The Bertz CT molecular complexity index is 372. The first kappa shape index (κ1) is 15.7. The highest BCUT2D eigenvalue weighted by Gasteiger charge is 2.36. The largest absolute Gasteiger partial charge is 0.466 e. The topological polar surface area (TPSA) is 52.3 Å². The molecule has 106 valence electrons. The smallest absolute Gasteiger partial charge is 0.313 e. The first-order valence-corrected chi connectivity index (χ1v) is 7.09. The van der Waals surface area contributed by atoms with Crippen molar-refractivity contribution in [2.45, 2.75) is 39.5 Å². The average Bonchev–Trinajstić information content (AvgIpc) is 2.45. The first-order valence-electron chi connectivity index (χ1n) is 7.09. The Hall–Kier alpha value is -1.35. The monoisotopic (exact) mass is 263 g/mol. The van der Waals surface area contributed by atoms with Crippen molar-refractivity contribution < 1.29 is 9.53 Å². The fourth-order valence-corrected chi connectivity index (χ4v) is 2.31. The molecule has 0 spiro atoms. The number of hydrogen-bond donors (Lipinski definition) is 1. The Labute approximate surface area is 116 Å². The van der Waals surface area contributed by atoms with Crippen LogP contribution in [0.15, 0.2) is 30.3 Å². The number of aryl methyl sites for hydroxylation is 1. The van der Waals surface area contributed by atoms with Crippen molar-refractivity contribution in [3.63, 3.8) is 0 Å². The highest BCUT2D eigenvalue weighted by Crippen LogP contribution is 2.29. The zero-order chi connectivity index (χ0) is 14.1. The molecule has 0 aliphatic rings. The summed E-state index contributed by atoms with van der Waals surface area (Å²) in [7, 11) is 0. The van der Waals surface area contributed by atoms with E-state index in [0.29, 0.717) is 13.2 Å². The van der Waals surface area contributed by atoms with Crippen LogP contribution in [0.5, 0.6) is 0 Å². The van der Waals surface area contributed by atoms with Gasteiger partial charge in [0.05, 0.1) is 12.0 Å². The van der Waals surface area contributed by atoms with E-state index >= 15 is 0 Å². The van der Waals surface area contributed by atoms with Crippen LogP contribution in [-0.2, 0) is 16.0 Å². The molecule has 0 radical (unpaired) electrons. The Morgan fingerprint density at radius 2 is 1.95 bits per heavy atom. The third-order valence-corrected chi connectivity index (χ3v) is 3.74. The van der Waals surface area contributed by atoms with Crippen molar-refractivity contribution in [1.82, 2.24) is 0 Å². The number of esters is 1. The number of ether oxygens (including phenoxy) is 1. The number of carbonyl (C=O) groups excluding carboxylic acids is 1. The van der Waals surface area contributed by atoms with Crippen LogP contribution in [0, 0.1) is 5.41 Å². The third-order valence-electron chi connectivity index (χ3n) is 3.74. The number of carbonyl (C=O) groups is 1. The molecule has 19 heavy (non-hydrogen) atoms. The van der Waals surface area contributed by atoms with Crippen LogP contribution >= 0.6 is 0 Å². The van der Waals surface area contributed by atoms with E-state index in [0.717, 1.165) is 25.7 Å². The number of rotatable bonds is 8. The zero-order valence-electron chi connectivity index (χ0n) is 12.0. The summed E-state index contributed by atoms with van der Waals surface area (Å²) in [5.74, 6) is -0.145. The first-order chi connectivity index (χ1) is 9.18. The molecule has 0 heterocycles. The fourth-order valence-electron chi connectivity index (χ4n) is 2.31. The van der Waals surface area contributed by atoms with Crippen LogP contribution in [0.3, 0.4) is 0 Å². The van der Waals surface area contributed by atoms with Gasteiger partial charge in [0.2, 0.25) is 0 Å². The molecule has 1 aromatic carbocycles. The van der Waals surface area contributed by atoms with Crippen molar-refractivity contribution in [3.8, 4) is 0 Å². The van der Waals surface area contributed by atoms with Crippen molar-refractivity contribution in [3.05, 3.63) is 35.9 Å². The highest BCUT2D eigenvalue weighted by molar-refractivity contribution is 5.77. The highest BCUT2D eigenvalue weighted by atomic mass is 16.5. The molecule has 0 aliphatic carbocycles. The second-order valence-corrected chi connectivity index (χ2v) is 4.90. The molecule has 0 aromatic heterocycles. The molecule has 0 saturated heterocycles. The van der Waals surface area contributed by atoms with Gasteiger partial charge in [-0.1, -0.05) is 37.3 Å². The van der Waals surface area contributed by atoms with E-state index in [4.69, 9.17) is 10.5 Å². The van der Waals surface area contributed by atoms with Crippen LogP contribution in [-0.4, -0.2) is 19.1 Å². The summed E-state index contributed by atoms with van der Waals surface area (Å²) in [5.41, 5.74) is 6.62. The SMILES string of the molecule is CCOC(=O)C(CC)(CN)CCCc1ccccc1. The van der Waals surface area contributed by atoms with Gasteiger partial charge in [0.25, 0.3) is 0 Å². The molecule has 3 nitrogen and oxygen atoms in total. The van der Waals surface area contributed by atoms with Gasteiger partial charge in [-0.15, -0.1) is 0 Å². The van der Waals surface area contributed by atoms with Crippen molar-refractivity contribution in [2.75, 3.05) is 13.2 Å². The van der Waals surface area contributed by atoms with E-state index in [9.17, 15) is 4.79 Å². The van der Waals surface area contributed by atoms with E-state index in [1.54, 1.807) is 0 Å². The zero-order valence-corrected chi connectivity index (χ0v) is 12.0. The van der Waals surface area contributed by atoms with Gasteiger partial charge in [0, 0.05) is 6.54 Å². The van der Waals surface area contributed by atoms with Gasteiger partial charge in [0.1, 0.15) is 0 Å². The molecule has 1 rings (SSSR count). The van der Waals surface area contributed by atoms with Gasteiger partial charge in [-0.2, -0.15) is 0 Å². The van der Waals surface area contributed by atoms with Crippen LogP contribution in [0.2, 0.25) is 0 Å². The van der Waals surface area contributed by atoms with Gasteiger partial charge in [-0.3, -0.25) is 4.79 Å². The van der Waals surface area contributed by atoms with Crippen molar-refractivity contribution in [1.29, 1.82) is 0 Å². The van der Waals surface area contributed by atoms with Crippen LogP contribution in [0.1, 0.15) is 38.7 Å². The lowest BCUT2D eigenvalue weighted by molar-refractivity contribution is -0.155. The maximum atomic E-state index is 12.1. The quantitative estimate of drug-likeness (QED) is 0.734. The number of hydrogen-bond acceptors (Lipinski definition) is 3. The summed E-state index contributed by atoms with van der Waals surface area (Å²) in [6.45, 7) is 4.61. The fraction of sp³-hybridized carbons (Fsp3) is 0.562. The standard InChI is InChI=1S/C16H25NO2/c1-3-16(13-17,15(18)19-4-2)12-8-11-14-9-6-5-7-10-14/h5-7,9-10H,3-4,8,11-13,17H2,1-2H3. The van der Waals surface area contributed by atoms with E-state index in [-0.39, 0.29) is 5.97 Å². The van der Waals surface area contributed by atoms with Crippen LogP contribution in [0.25, 0.3) is 0 Å². The van der Waals surface area contributed by atoms with E-state index in [2.05, 4.69) is 12.1 Å². The Morgan fingerprint density at radius 3 is 2.47 bits per heavy atom. The number of benzene rings is 1. The molecular weight excluding hydrogens is 238 g/mol. The van der Waals surface area contributed by atoms with Gasteiger partial charge in [0.15, 0.2) is 0 Å². The molecule has 0 bridgehead atoms. The third kappa shape index (κ3) is 4.35. The summed E-state index contributed by atoms with van der Waals surface area (Å²) < 4.78 is 5.17. The molecule has 3 heteroatoms. The predicted molar refractivity (Wildman–Crippen MR) is 77.8 cm³/mol. The van der Waals surface area contributed by atoms with Crippen LogP contribution in [0.4, 0.5) is 0 Å². The Balaban J connectivity index is 2.56. The normalized spacial score (nSPS) is 13.8. The molecule has 0 saturated carbocycles. The van der Waals surface area contributed by atoms with Gasteiger partial charge >= 0.3 is 5.97 Å². The van der Waals surface area contributed by atoms with E-state index in [1.807, 2.05) is 32.0 Å². The maximum Gasteiger partial charge on any atom is 0.313 e. The minimum absolute atomic E-state index is 0.145. The van der Waals surface area contributed by atoms with Crippen LogP contribution < -0.4 is 5.73 Å². The Kier molecular flexibility index (Phi) is 6.57. The maximum absolute atomic E-state index is 12.1. The van der Waals surface area contributed by atoms with E-state index in [1.165, 1.54) is 5.56 Å². The van der Waals surface area contributed by atoms with E-state index < -0.39 is 5.41 Å². The van der Waals surface area contributed by atoms with Crippen molar-refractivity contribution in [2.24, 2.45) is 11.1 Å². The van der Waals surface area contributed by atoms with Gasteiger partial charge in [-0.25, -0.2) is 0 Å². The average molecular weight is 263 g/mol. The molecule has 2 N–H and O–H groups in total. The number of nitrogens with two attached hydrogens (primary N) is 1. The summed E-state index contributed by atoms with van der Waals surface area (Å²) in [6, 6.07) is 10.3. The van der Waals surface area contributed by atoms with Gasteiger partial charge in [-0.05, 0) is 38.2 Å². The minimum atomic E-state index is -0.509. The molecule has 0 fully saturated rings. The Morgan fingerprint density at radius 1 is 1.26 bits per heavy atom. The van der Waals surface area contributed by atoms with Gasteiger partial charge < -0.3 is 10.5 Å². The van der Waals surface area contributed by atoms with Crippen molar-refractivity contribution >= 4 is 5.97 Å². The molecule has 1 unspecified atom stereocenters. The molecule has 1 aromatic rings. The minimum Gasteiger partial charge on any atom is -0.466 e. The lowest BCUT2D eigenvalue weighted by Gasteiger charge is -2.28. The molecule has 1 atom stereocenters.